The van der Waals surface area contributed by atoms with Crippen molar-refractivity contribution in [3.8, 4) is 11.5 Å². The van der Waals surface area contributed by atoms with Crippen LogP contribution in [-0.2, 0) is 0 Å². The fraction of sp³-hybridized carbons (Fsp3) is 0.0769. The lowest BCUT2D eigenvalue weighted by molar-refractivity contribution is 0.412. The van der Waals surface area contributed by atoms with Crippen molar-refractivity contribution in [1.29, 1.82) is 0 Å². The number of phenols is 1. The van der Waals surface area contributed by atoms with Crippen LogP contribution in [0.15, 0.2) is 57.5 Å². The van der Waals surface area contributed by atoms with Gasteiger partial charge in [0.05, 0.1) is 11.6 Å². The summed E-state index contributed by atoms with van der Waals surface area (Å²) < 4.78 is 6.97. The summed E-state index contributed by atoms with van der Waals surface area (Å²) in [6, 6.07) is 14.6. The first-order valence-corrected chi connectivity index (χ1v) is 6.45. The van der Waals surface area contributed by atoms with Crippen LogP contribution in [0.2, 0.25) is 0 Å². The Morgan fingerprint density at radius 3 is 1.94 bits per heavy atom. The van der Waals surface area contributed by atoms with E-state index in [0.717, 1.165) is 14.7 Å². The molecule has 2 aromatic rings. The molecule has 0 aliphatic rings. The van der Waals surface area contributed by atoms with Crippen molar-refractivity contribution < 1.29 is 9.84 Å². The van der Waals surface area contributed by atoms with E-state index in [4.69, 9.17) is 9.84 Å². The zero-order valence-electron chi connectivity index (χ0n) is 9.23. The van der Waals surface area contributed by atoms with Crippen molar-refractivity contribution in [3.05, 3.63) is 57.5 Å². The highest BCUT2D eigenvalue weighted by atomic mass is 79.9. The van der Waals surface area contributed by atoms with Crippen molar-refractivity contribution >= 4 is 31.9 Å². The maximum absolute atomic E-state index is 8.74. The number of rotatable bonds is 1. The molecule has 2 rings (SSSR count). The Balaban J connectivity index is 0.000000171. The molecule has 0 aromatic heterocycles. The Morgan fingerprint density at radius 1 is 0.941 bits per heavy atom. The molecular weight excluding hydrogens is 348 g/mol. The number of methoxy groups -OCH3 is 1. The summed E-state index contributed by atoms with van der Waals surface area (Å²) in [5.74, 6) is 1.17. The van der Waals surface area contributed by atoms with Gasteiger partial charge in [-0.05, 0) is 52.3 Å². The Labute approximate surface area is 118 Å². The average molecular weight is 360 g/mol. The third-order valence-electron chi connectivity index (χ3n) is 1.88. The zero-order chi connectivity index (χ0) is 12.7. The van der Waals surface area contributed by atoms with E-state index in [0.29, 0.717) is 5.75 Å². The monoisotopic (exact) mass is 358 g/mol. The van der Waals surface area contributed by atoms with Crippen LogP contribution in [0.25, 0.3) is 0 Å². The van der Waals surface area contributed by atoms with Gasteiger partial charge in [-0.15, -0.1) is 0 Å². The molecule has 0 atom stereocenters. The van der Waals surface area contributed by atoms with Crippen LogP contribution < -0.4 is 4.74 Å². The minimum Gasteiger partial charge on any atom is -0.508 e. The maximum Gasteiger partial charge on any atom is 0.133 e. The molecule has 0 bridgehead atoms. The van der Waals surface area contributed by atoms with Gasteiger partial charge in [-0.25, -0.2) is 0 Å². The van der Waals surface area contributed by atoms with E-state index in [1.54, 1.807) is 31.4 Å². The summed E-state index contributed by atoms with van der Waals surface area (Å²) in [5, 5.41) is 8.74. The number of halogens is 2. The first-order chi connectivity index (χ1) is 8.13. The predicted molar refractivity (Wildman–Crippen MR) is 76.5 cm³/mol. The third-order valence-corrected chi connectivity index (χ3v) is 3.07. The summed E-state index contributed by atoms with van der Waals surface area (Å²) in [7, 11) is 1.65. The van der Waals surface area contributed by atoms with Gasteiger partial charge >= 0.3 is 0 Å². The van der Waals surface area contributed by atoms with Gasteiger partial charge in [0.1, 0.15) is 11.5 Å². The first kappa shape index (κ1) is 14.1. The quantitative estimate of drug-likeness (QED) is 0.805. The van der Waals surface area contributed by atoms with E-state index >= 15 is 0 Å². The molecule has 0 radical (unpaired) electrons. The normalized spacial score (nSPS) is 9.12. The Kier molecular flexibility index (Phi) is 6.08. The molecule has 0 saturated carbocycles. The molecule has 0 aliphatic heterocycles. The Bertz CT molecular complexity index is 434. The summed E-state index contributed by atoms with van der Waals surface area (Å²) >= 11 is 6.57. The fourth-order valence-corrected chi connectivity index (χ4v) is 1.76. The Hall–Kier alpha value is -1.00. The second kappa shape index (κ2) is 7.35. The van der Waals surface area contributed by atoms with Crippen LogP contribution in [-0.4, -0.2) is 12.2 Å². The first-order valence-electron chi connectivity index (χ1n) is 4.86. The number of aromatic hydroxyl groups is 1. The van der Waals surface area contributed by atoms with Crippen molar-refractivity contribution in [1.82, 2.24) is 0 Å². The molecule has 0 unspecified atom stereocenters. The highest BCUT2D eigenvalue weighted by Gasteiger charge is 1.92. The minimum absolute atomic E-state index is 0.299. The fourth-order valence-electron chi connectivity index (χ4n) is 1.05. The molecule has 0 aliphatic carbocycles. The van der Waals surface area contributed by atoms with Crippen LogP contribution in [0.1, 0.15) is 0 Å². The average Bonchev–Trinajstić information content (AvgIpc) is 2.34. The van der Waals surface area contributed by atoms with Gasteiger partial charge in [0.2, 0.25) is 0 Å². The van der Waals surface area contributed by atoms with E-state index in [2.05, 4.69) is 31.9 Å². The molecular formula is C13H12Br2O2. The highest BCUT2D eigenvalue weighted by molar-refractivity contribution is 9.10. The number of hydrogen-bond acceptors (Lipinski definition) is 2. The molecule has 2 nitrogen and oxygen atoms in total. The van der Waals surface area contributed by atoms with Crippen molar-refractivity contribution in [2.24, 2.45) is 0 Å². The molecule has 0 spiro atoms. The number of phenolic OH excluding ortho intramolecular Hbond substituents is 1. The lowest BCUT2D eigenvalue weighted by atomic mass is 10.3. The summed E-state index contributed by atoms with van der Waals surface area (Å²) in [6.07, 6.45) is 0. The Morgan fingerprint density at radius 2 is 1.53 bits per heavy atom. The second-order valence-electron chi connectivity index (χ2n) is 3.11. The van der Waals surface area contributed by atoms with Crippen molar-refractivity contribution in [2.45, 2.75) is 0 Å². The van der Waals surface area contributed by atoms with Crippen molar-refractivity contribution in [3.63, 3.8) is 0 Å². The third kappa shape index (κ3) is 5.24. The lowest BCUT2D eigenvalue weighted by Crippen LogP contribution is -1.81. The molecule has 0 fully saturated rings. The number of hydrogen-bond donors (Lipinski definition) is 1. The van der Waals surface area contributed by atoms with Gasteiger partial charge in [0.25, 0.3) is 0 Å². The van der Waals surface area contributed by atoms with Crippen LogP contribution >= 0.6 is 31.9 Å². The van der Waals surface area contributed by atoms with Crippen LogP contribution in [0.5, 0.6) is 11.5 Å². The summed E-state index contributed by atoms with van der Waals surface area (Å²) in [6.45, 7) is 0. The predicted octanol–water partition coefficient (Wildman–Crippen LogP) is 4.61. The molecule has 2 aromatic carbocycles. The molecule has 90 valence electrons. The van der Waals surface area contributed by atoms with Gasteiger partial charge in [0.15, 0.2) is 0 Å². The summed E-state index contributed by atoms with van der Waals surface area (Å²) in [5.41, 5.74) is 0. The van der Waals surface area contributed by atoms with Gasteiger partial charge < -0.3 is 9.84 Å². The maximum atomic E-state index is 8.74. The van der Waals surface area contributed by atoms with E-state index in [1.807, 2.05) is 24.3 Å². The lowest BCUT2D eigenvalue weighted by Gasteiger charge is -1.99. The largest absolute Gasteiger partial charge is 0.508 e. The molecule has 17 heavy (non-hydrogen) atoms. The SMILES string of the molecule is COc1ccccc1Br.Oc1ccc(Br)cc1. The summed E-state index contributed by atoms with van der Waals surface area (Å²) in [4.78, 5) is 0. The number of benzene rings is 2. The molecule has 1 N–H and O–H groups in total. The van der Waals surface area contributed by atoms with E-state index < -0.39 is 0 Å². The molecule has 4 heteroatoms. The van der Waals surface area contributed by atoms with Gasteiger partial charge in [-0.2, -0.15) is 0 Å². The molecule has 0 saturated heterocycles. The standard InChI is InChI=1S/C7H7BrO.C6H5BrO/c1-9-7-5-3-2-4-6(7)8;7-5-1-3-6(8)4-2-5/h2-5H,1H3;1-4,8H. The van der Waals surface area contributed by atoms with Gasteiger partial charge in [0, 0.05) is 4.47 Å². The van der Waals surface area contributed by atoms with Crippen molar-refractivity contribution in [2.75, 3.05) is 7.11 Å². The van der Waals surface area contributed by atoms with Crippen LogP contribution in [0.3, 0.4) is 0 Å². The van der Waals surface area contributed by atoms with Gasteiger partial charge in [-0.1, -0.05) is 28.1 Å². The van der Waals surface area contributed by atoms with Crippen LogP contribution in [0.4, 0.5) is 0 Å². The minimum atomic E-state index is 0.299. The van der Waals surface area contributed by atoms with Crippen LogP contribution in [0, 0.1) is 0 Å². The zero-order valence-corrected chi connectivity index (χ0v) is 12.4. The topological polar surface area (TPSA) is 29.5 Å². The smallest absolute Gasteiger partial charge is 0.133 e. The second-order valence-corrected chi connectivity index (χ2v) is 4.88. The van der Waals surface area contributed by atoms with E-state index in [1.165, 1.54) is 0 Å². The highest BCUT2D eigenvalue weighted by Crippen LogP contribution is 2.22. The molecule has 0 amide bonds. The molecule has 0 heterocycles. The van der Waals surface area contributed by atoms with E-state index in [-0.39, 0.29) is 0 Å². The number of para-hydroxylation sites is 1. The van der Waals surface area contributed by atoms with Gasteiger partial charge in [-0.3, -0.25) is 0 Å². The number of ether oxygens (including phenoxy) is 1. The van der Waals surface area contributed by atoms with E-state index in [9.17, 15) is 0 Å².